The number of hydrogen-bond acceptors (Lipinski definition) is 3. The summed E-state index contributed by atoms with van der Waals surface area (Å²) in [6, 6.07) is 5.08. The number of aromatic hydroxyl groups is 1. The van der Waals surface area contributed by atoms with Gasteiger partial charge in [0.25, 0.3) is 0 Å². The fourth-order valence-corrected chi connectivity index (χ4v) is 3.22. The Bertz CT molecular complexity index is 1020. The lowest BCUT2D eigenvalue weighted by Crippen LogP contribution is -2.45. The van der Waals surface area contributed by atoms with Crippen LogP contribution in [0.3, 0.4) is 0 Å². The van der Waals surface area contributed by atoms with E-state index in [-0.39, 0.29) is 22.3 Å². The Hall–Kier alpha value is -2.28. The Morgan fingerprint density at radius 1 is 1.22 bits per heavy atom. The Morgan fingerprint density at radius 3 is 2.48 bits per heavy atom. The van der Waals surface area contributed by atoms with Gasteiger partial charge in [-0.05, 0) is 31.0 Å². The first-order valence-corrected chi connectivity index (χ1v) is 8.61. The summed E-state index contributed by atoms with van der Waals surface area (Å²) in [6.07, 6.45) is -4.15. The van der Waals surface area contributed by atoms with Crippen molar-refractivity contribution in [2.24, 2.45) is 10.9 Å². The van der Waals surface area contributed by atoms with Crippen LogP contribution in [0.2, 0.25) is 5.02 Å². The van der Waals surface area contributed by atoms with Crippen LogP contribution >= 0.6 is 11.6 Å². The number of hydrogen-bond donors (Lipinski definition) is 1. The maximum atomic E-state index is 15.0. The summed E-state index contributed by atoms with van der Waals surface area (Å²) >= 11 is 5.81. The van der Waals surface area contributed by atoms with E-state index in [9.17, 15) is 22.7 Å². The number of phenols is 1. The van der Waals surface area contributed by atoms with Crippen molar-refractivity contribution in [2.75, 3.05) is 4.90 Å². The van der Waals surface area contributed by atoms with Crippen LogP contribution in [-0.4, -0.2) is 11.3 Å². The fourth-order valence-electron chi connectivity index (χ4n) is 3.02. The van der Waals surface area contributed by atoms with Crippen LogP contribution in [-0.2, 0) is 6.18 Å². The van der Waals surface area contributed by atoms with Crippen LogP contribution in [0.1, 0.15) is 25.0 Å². The number of anilines is 1. The van der Waals surface area contributed by atoms with E-state index in [1.54, 1.807) is 13.8 Å². The van der Waals surface area contributed by atoms with Gasteiger partial charge in [0.2, 0.25) is 0 Å². The van der Waals surface area contributed by atoms with Gasteiger partial charge in [0.05, 0.1) is 16.6 Å². The van der Waals surface area contributed by atoms with E-state index in [0.29, 0.717) is 10.6 Å². The zero-order chi connectivity index (χ0) is 20.1. The van der Waals surface area contributed by atoms with Crippen LogP contribution in [0.4, 0.5) is 23.2 Å². The van der Waals surface area contributed by atoms with Crippen molar-refractivity contribution in [3.05, 3.63) is 56.8 Å². The summed E-state index contributed by atoms with van der Waals surface area (Å²) in [7, 11) is 0. The molecular weight excluding hydrogens is 384 g/mol. The molecule has 1 N–H and O–H groups in total. The Morgan fingerprint density at radius 2 is 1.89 bits per heavy atom. The normalized spacial score (nSPS) is 16.8. The first kappa shape index (κ1) is 19.5. The second kappa shape index (κ2) is 6.71. The third-order valence-corrected chi connectivity index (χ3v) is 4.82. The second-order valence-corrected chi connectivity index (χ2v) is 7.16. The van der Waals surface area contributed by atoms with Gasteiger partial charge < -0.3 is 10.0 Å². The van der Waals surface area contributed by atoms with Gasteiger partial charge in [0, 0.05) is 28.1 Å². The molecule has 0 aliphatic carbocycles. The zero-order valence-electron chi connectivity index (χ0n) is 14.8. The average Bonchev–Trinajstić information content (AvgIpc) is 2.57. The minimum atomic E-state index is -4.79. The fraction of sp³-hybridized carbons (Fsp3) is 0.316. The van der Waals surface area contributed by atoms with Crippen molar-refractivity contribution in [1.29, 1.82) is 0 Å². The van der Waals surface area contributed by atoms with Gasteiger partial charge in [-0.1, -0.05) is 25.4 Å². The number of fused-ring (bicyclic) bond motifs is 1. The standard InChI is InChI=1S/C19H17ClF4N2O/c1-9(2)18-25-15-6-12(27)5-4-11(15)8-26(18)17-13(19(22,23)24)7-14(20)10(3)16(17)21/h4-9,18,27H,1-3H3. The quantitative estimate of drug-likeness (QED) is 0.760. The largest absolute Gasteiger partial charge is 0.508 e. The third-order valence-electron chi connectivity index (χ3n) is 4.43. The smallest absolute Gasteiger partial charge is 0.418 e. The molecule has 0 radical (unpaired) electrons. The van der Waals surface area contributed by atoms with E-state index < -0.39 is 29.4 Å². The van der Waals surface area contributed by atoms with Gasteiger partial charge in [-0.2, -0.15) is 13.2 Å². The predicted molar refractivity (Wildman–Crippen MR) is 95.6 cm³/mol. The molecule has 0 saturated heterocycles. The summed E-state index contributed by atoms with van der Waals surface area (Å²) in [5.41, 5.74) is -1.83. The Labute approximate surface area is 158 Å². The van der Waals surface area contributed by atoms with Crippen LogP contribution in [0.15, 0.2) is 29.3 Å². The Kier molecular flexibility index (Phi) is 4.84. The zero-order valence-corrected chi connectivity index (χ0v) is 15.5. The molecule has 0 fully saturated rings. The van der Waals surface area contributed by atoms with Crippen LogP contribution in [0.5, 0.6) is 5.75 Å². The molecule has 3 rings (SSSR count). The topological polar surface area (TPSA) is 35.8 Å². The molecule has 0 bridgehead atoms. The molecule has 3 nitrogen and oxygen atoms in total. The monoisotopic (exact) mass is 400 g/mol. The minimum Gasteiger partial charge on any atom is -0.508 e. The lowest BCUT2D eigenvalue weighted by Gasteiger charge is -2.35. The highest BCUT2D eigenvalue weighted by Gasteiger charge is 2.39. The van der Waals surface area contributed by atoms with E-state index in [4.69, 9.17) is 11.6 Å². The van der Waals surface area contributed by atoms with Crippen molar-refractivity contribution >= 4 is 23.5 Å². The second-order valence-electron chi connectivity index (χ2n) is 6.76. The molecule has 144 valence electrons. The van der Waals surface area contributed by atoms with Gasteiger partial charge in [-0.15, -0.1) is 0 Å². The molecule has 2 aromatic carbocycles. The Balaban J connectivity index is 2.35. The first-order valence-electron chi connectivity index (χ1n) is 8.23. The third kappa shape index (κ3) is 3.48. The van der Waals surface area contributed by atoms with Gasteiger partial charge >= 0.3 is 6.18 Å². The van der Waals surface area contributed by atoms with Gasteiger partial charge in [0.1, 0.15) is 11.9 Å². The molecule has 0 amide bonds. The predicted octanol–water partition coefficient (Wildman–Crippen LogP) is 4.37. The van der Waals surface area contributed by atoms with Crippen molar-refractivity contribution in [3.8, 4) is 5.75 Å². The van der Waals surface area contributed by atoms with Crippen LogP contribution < -0.4 is 15.5 Å². The molecule has 0 aromatic heterocycles. The molecule has 1 atom stereocenters. The molecule has 1 heterocycles. The number of alkyl halides is 3. The molecule has 1 unspecified atom stereocenters. The molecule has 27 heavy (non-hydrogen) atoms. The molecule has 1 aliphatic rings. The van der Waals surface area contributed by atoms with Crippen molar-refractivity contribution in [1.82, 2.24) is 0 Å². The summed E-state index contributed by atoms with van der Waals surface area (Å²) < 4.78 is 55.9. The van der Waals surface area contributed by atoms with E-state index in [0.717, 1.165) is 6.07 Å². The maximum Gasteiger partial charge on any atom is 0.418 e. The van der Waals surface area contributed by atoms with E-state index >= 15 is 0 Å². The lowest BCUT2D eigenvalue weighted by molar-refractivity contribution is -0.137. The number of halogens is 5. The van der Waals surface area contributed by atoms with Gasteiger partial charge in [-0.3, -0.25) is 4.99 Å². The summed E-state index contributed by atoms with van der Waals surface area (Å²) in [5.74, 6) is -1.27. The van der Waals surface area contributed by atoms with E-state index in [2.05, 4.69) is 4.99 Å². The molecule has 0 spiro atoms. The minimum absolute atomic E-state index is 0.00800. The maximum absolute atomic E-state index is 15.0. The first-order chi connectivity index (χ1) is 12.5. The number of benzene rings is 2. The van der Waals surface area contributed by atoms with Crippen LogP contribution in [0, 0.1) is 18.7 Å². The highest BCUT2D eigenvalue weighted by atomic mass is 35.5. The number of rotatable bonds is 2. The summed E-state index contributed by atoms with van der Waals surface area (Å²) in [6.45, 7) is 4.88. The highest BCUT2D eigenvalue weighted by Crippen LogP contribution is 2.43. The average molecular weight is 401 g/mol. The number of nitrogens with zero attached hydrogens (tertiary/aromatic N) is 2. The molecular formula is C19H17ClF4N2O. The van der Waals surface area contributed by atoms with E-state index in [1.807, 2.05) is 0 Å². The number of phenolic OH excluding ortho intramolecular Hbond substituents is 1. The van der Waals surface area contributed by atoms with Crippen molar-refractivity contribution in [2.45, 2.75) is 33.1 Å². The molecule has 0 saturated carbocycles. The lowest BCUT2D eigenvalue weighted by atomic mass is 10.0. The summed E-state index contributed by atoms with van der Waals surface area (Å²) in [5, 5.41) is 10.3. The SMILES string of the molecule is Cc1c(Cl)cc(C(F)(F)F)c(N2C=c3ccc(O)cc3=NC2C(C)C)c1F. The highest BCUT2D eigenvalue weighted by molar-refractivity contribution is 6.31. The van der Waals surface area contributed by atoms with Gasteiger partial charge in [0.15, 0.2) is 5.82 Å². The van der Waals surface area contributed by atoms with Crippen LogP contribution in [0.25, 0.3) is 6.20 Å². The molecule has 1 aliphatic heterocycles. The van der Waals surface area contributed by atoms with Crippen molar-refractivity contribution < 1.29 is 22.7 Å². The van der Waals surface area contributed by atoms with Gasteiger partial charge in [-0.25, -0.2) is 4.39 Å². The van der Waals surface area contributed by atoms with Crippen molar-refractivity contribution in [3.63, 3.8) is 0 Å². The van der Waals surface area contributed by atoms with E-state index in [1.165, 1.54) is 36.2 Å². The summed E-state index contributed by atoms with van der Waals surface area (Å²) in [4.78, 5) is 5.65. The molecule has 8 heteroatoms. The molecule has 2 aromatic rings.